The second-order valence-electron chi connectivity index (χ2n) is 7.70. The number of methoxy groups -OCH3 is 1. The lowest BCUT2D eigenvalue weighted by atomic mass is 10.1. The number of ether oxygens (including phenoxy) is 2. The first-order chi connectivity index (χ1) is 16.2. The van der Waals surface area contributed by atoms with Crippen LogP contribution in [0.5, 0.6) is 5.75 Å². The van der Waals surface area contributed by atoms with Crippen LogP contribution >= 0.6 is 23.4 Å². The molecule has 1 amide bonds. The lowest BCUT2D eigenvalue weighted by molar-refractivity contribution is -0.158. The summed E-state index contributed by atoms with van der Waals surface area (Å²) in [6.07, 6.45) is -1.24. The Bertz CT molecular complexity index is 1230. The number of hydrogen-bond acceptors (Lipinski definition) is 8. The van der Waals surface area contributed by atoms with Gasteiger partial charge in [-0.1, -0.05) is 29.8 Å². The monoisotopic (exact) mass is 523 g/mol. The van der Waals surface area contributed by atoms with Gasteiger partial charge in [0.1, 0.15) is 23.4 Å². The summed E-state index contributed by atoms with van der Waals surface area (Å²) in [5.74, 6) is -0.289. The van der Waals surface area contributed by atoms with Gasteiger partial charge in [0, 0.05) is 11.6 Å². The molecule has 1 saturated heterocycles. The van der Waals surface area contributed by atoms with Crippen molar-refractivity contribution in [3.63, 3.8) is 0 Å². The molecule has 0 bridgehead atoms. The van der Waals surface area contributed by atoms with Crippen LogP contribution in [-0.4, -0.2) is 55.4 Å². The molecule has 1 fully saturated rings. The lowest BCUT2D eigenvalue weighted by Crippen LogP contribution is -2.66. The van der Waals surface area contributed by atoms with E-state index < -0.39 is 33.5 Å². The van der Waals surface area contributed by atoms with Crippen LogP contribution < -0.4 is 4.74 Å². The number of nitrogens with zero attached hydrogens (tertiary/aromatic N) is 1. The van der Waals surface area contributed by atoms with Gasteiger partial charge in [0.2, 0.25) is 0 Å². The zero-order chi connectivity index (χ0) is 24.5. The number of thioether (sulfide) groups is 1. The Morgan fingerprint density at radius 3 is 2.44 bits per heavy atom. The second kappa shape index (κ2) is 9.99. The van der Waals surface area contributed by atoms with Crippen molar-refractivity contribution < 1.29 is 31.7 Å². The summed E-state index contributed by atoms with van der Waals surface area (Å²) in [6, 6.07) is 13.2. The minimum absolute atomic E-state index is 0.0105. The van der Waals surface area contributed by atoms with E-state index in [9.17, 15) is 18.0 Å². The van der Waals surface area contributed by atoms with Crippen molar-refractivity contribution in [2.24, 2.45) is 0 Å². The minimum atomic E-state index is -4.16. The van der Waals surface area contributed by atoms with Gasteiger partial charge in [-0.05, 0) is 42.3 Å². The number of hydrogen-bond donors (Lipinski definition) is 0. The van der Waals surface area contributed by atoms with Gasteiger partial charge in [-0.3, -0.25) is 9.69 Å². The number of benzene rings is 2. The third-order valence-electron chi connectivity index (χ3n) is 5.42. The summed E-state index contributed by atoms with van der Waals surface area (Å²) >= 11 is 7.32. The number of fused-ring (bicyclic) bond motifs is 1. The van der Waals surface area contributed by atoms with Crippen molar-refractivity contribution in [1.82, 2.24) is 4.90 Å². The molecule has 4 rings (SSSR count). The normalized spacial score (nSPS) is 20.0. The maximum absolute atomic E-state index is 12.9. The molecule has 2 aromatic rings. The van der Waals surface area contributed by atoms with Crippen molar-refractivity contribution in [2.75, 3.05) is 18.7 Å². The molecule has 2 atom stereocenters. The maximum Gasteiger partial charge on any atom is 0.355 e. The highest BCUT2D eigenvalue weighted by Gasteiger charge is 2.56. The van der Waals surface area contributed by atoms with E-state index >= 15 is 0 Å². The standard InChI is InChI=1S/C23H22ClNO7S2/c1-14-3-9-18(10-4-14)34(28,29)32-20-21(26)25-19(16(11-24)13-33-22(20)25)23(27)31-12-15-5-7-17(30-2)8-6-15/h3-10,20,22H,11-13H2,1-2H3/t20-,22+/m0/s1. The molecule has 2 heterocycles. The first-order valence-corrected chi connectivity index (χ1v) is 13.3. The van der Waals surface area contributed by atoms with Crippen LogP contribution in [0.1, 0.15) is 11.1 Å². The highest BCUT2D eigenvalue weighted by Crippen LogP contribution is 2.43. The number of amides is 1. The molecule has 11 heteroatoms. The van der Waals surface area contributed by atoms with Crippen molar-refractivity contribution in [2.45, 2.75) is 29.9 Å². The maximum atomic E-state index is 12.9. The quantitative estimate of drug-likeness (QED) is 0.225. The van der Waals surface area contributed by atoms with E-state index in [1.165, 1.54) is 28.8 Å². The Balaban J connectivity index is 1.48. The smallest absolute Gasteiger partial charge is 0.355 e. The molecule has 0 aliphatic carbocycles. The van der Waals surface area contributed by atoms with Crippen molar-refractivity contribution in [1.29, 1.82) is 0 Å². The number of β-lactam (4-membered cyclic amide) rings is 1. The largest absolute Gasteiger partial charge is 0.497 e. The van der Waals surface area contributed by atoms with Crippen molar-refractivity contribution in [3.05, 3.63) is 70.9 Å². The van der Waals surface area contributed by atoms with Crippen LogP contribution in [0.25, 0.3) is 0 Å². The molecule has 2 aliphatic heterocycles. The number of rotatable bonds is 8. The highest BCUT2D eigenvalue weighted by molar-refractivity contribution is 8.00. The first kappa shape index (κ1) is 24.6. The average Bonchev–Trinajstić information content (AvgIpc) is 2.85. The fraction of sp³-hybridized carbons (Fsp3) is 0.304. The summed E-state index contributed by atoms with van der Waals surface area (Å²) in [4.78, 5) is 27.0. The average molecular weight is 524 g/mol. The van der Waals surface area contributed by atoms with Crippen LogP contribution in [0.3, 0.4) is 0 Å². The van der Waals surface area contributed by atoms with Gasteiger partial charge in [-0.15, -0.1) is 23.4 Å². The molecule has 0 aromatic heterocycles. The van der Waals surface area contributed by atoms with Gasteiger partial charge in [0.25, 0.3) is 16.0 Å². The first-order valence-electron chi connectivity index (χ1n) is 10.3. The molecule has 8 nitrogen and oxygen atoms in total. The molecular formula is C23H22ClNO7S2. The summed E-state index contributed by atoms with van der Waals surface area (Å²) in [5, 5.41) is -0.678. The van der Waals surface area contributed by atoms with E-state index in [0.717, 1.165) is 11.1 Å². The summed E-state index contributed by atoms with van der Waals surface area (Å²) in [7, 11) is -2.60. The fourth-order valence-electron chi connectivity index (χ4n) is 3.53. The zero-order valence-corrected chi connectivity index (χ0v) is 20.8. The molecule has 0 spiro atoms. The number of esters is 1. The van der Waals surface area contributed by atoms with E-state index in [1.807, 2.05) is 6.92 Å². The fourth-order valence-corrected chi connectivity index (χ4v) is 6.29. The van der Waals surface area contributed by atoms with Crippen LogP contribution in [0.15, 0.2) is 64.7 Å². The highest BCUT2D eigenvalue weighted by atomic mass is 35.5. The van der Waals surface area contributed by atoms with Gasteiger partial charge in [0.05, 0.1) is 12.0 Å². The van der Waals surface area contributed by atoms with Crippen molar-refractivity contribution in [3.8, 4) is 5.75 Å². The van der Waals surface area contributed by atoms with E-state index in [0.29, 0.717) is 17.1 Å². The minimum Gasteiger partial charge on any atom is -0.497 e. The van der Waals surface area contributed by atoms with Crippen LogP contribution in [0.2, 0.25) is 0 Å². The molecule has 0 radical (unpaired) electrons. The van der Waals surface area contributed by atoms with Gasteiger partial charge < -0.3 is 9.47 Å². The van der Waals surface area contributed by atoms with E-state index in [4.69, 9.17) is 25.3 Å². The number of carbonyl (C=O) groups is 2. The van der Waals surface area contributed by atoms with Crippen LogP contribution in [-0.2, 0) is 35.2 Å². The second-order valence-corrected chi connectivity index (χ2v) is 10.6. The Morgan fingerprint density at radius 1 is 1.15 bits per heavy atom. The van der Waals surface area contributed by atoms with Crippen LogP contribution in [0, 0.1) is 6.92 Å². The number of halogens is 1. The van der Waals surface area contributed by atoms with Gasteiger partial charge in [-0.2, -0.15) is 8.42 Å². The number of alkyl halides is 1. The van der Waals surface area contributed by atoms with Gasteiger partial charge in [0.15, 0.2) is 6.10 Å². The third-order valence-corrected chi connectivity index (χ3v) is 8.37. The number of carbonyl (C=O) groups excluding carboxylic acids is 2. The molecular weight excluding hydrogens is 502 g/mol. The van der Waals surface area contributed by atoms with E-state index in [1.54, 1.807) is 43.5 Å². The number of aryl methyl sites for hydroxylation is 1. The SMILES string of the molecule is COc1ccc(COC(=O)C2=C(CCl)CS[C@@H]3[C@@H](OS(=O)(=O)c4ccc(C)cc4)C(=O)N23)cc1. The Morgan fingerprint density at radius 2 is 1.82 bits per heavy atom. The molecule has 2 aliphatic rings. The van der Waals surface area contributed by atoms with Crippen molar-refractivity contribution >= 4 is 45.4 Å². The topological polar surface area (TPSA) is 99.2 Å². The lowest BCUT2D eigenvalue weighted by Gasteiger charge is -2.48. The summed E-state index contributed by atoms with van der Waals surface area (Å²) < 4.78 is 41.2. The summed E-state index contributed by atoms with van der Waals surface area (Å²) in [6.45, 7) is 1.82. The molecule has 0 N–H and O–H groups in total. The third kappa shape index (κ3) is 4.81. The van der Waals surface area contributed by atoms with E-state index in [-0.39, 0.29) is 23.1 Å². The Labute approximate surface area is 206 Å². The zero-order valence-electron chi connectivity index (χ0n) is 18.4. The Hall–Kier alpha value is -2.53. The predicted octanol–water partition coefficient (Wildman–Crippen LogP) is 3.23. The molecule has 0 saturated carbocycles. The van der Waals surface area contributed by atoms with E-state index in [2.05, 4.69) is 0 Å². The van der Waals surface area contributed by atoms with Gasteiger partial charge >= 0.3 is 5.97 Å². The summed E-state index contributed by atoms with van der Waals surface area (Å²) in [5.41, 5.74) is 2.22. The molecule has 0 unspecified atom stereocenters. The molecule has 180 valence electrons. The molecule has 34 heavy (non-hydrogen) atoms. The van der Waals surface area contributed by atoms with Gasteiger partial charge in [-0.25, -0.2) is 8.98 Å². The Kier molecular flexibility index (Phi) is 7.22. The predicted molar refractivity (Wildman–Crippen MR) is 127 cm³/mol. The molecule has 2 aromatic carbocycles. The van der Waals surface area contributed by atoms with Crippen LogP contribution in [0.4, 0.5) is 0 Å².